The number of nitrogens with one attached hydrogen (secondary N) is 1. The molecule has 1 heterocycles. The molecule has 2 aromatic rings. The molecule has 0 radical (unpaired) electrons. The van der Waals surface area contributed by atoms with Crippen molar-refractivity contribution in [2.24, 2.45) is 0 Å². The molecule has 100 valence electrons. The zero-order valence-electron chi connectivity index (χ0n) is 11.1. The first-order chi connectivity index (χ1) is 9.15. The predicted octanol–water partition coefficient (Wildman–Crippen LogP) is 3.71. The van der Waals surface area contributed by atoms with E-state index in [1.165, 1.54) is 4.90 Å². The van der Waals surface area contributed by atoms with Crippen molar-refractivity contribution < 1.29 is 9.21 Å². The van der Waals surface area contributed by atoms with Crippen molar-refractivity contribution in [2.75, 3.05) is 0 Å². The van der Waals surface area contributed by atoms with Gasteiger partial charge in [0, 0.05) is 15.7 Å². The monoisotopic (exact) mass is 275 g/mol. The largest absolute Gasteiger partial charge is 0.467 e. The van der Waals surface area contributed by atoms with Gasteiger partial charge in [-0.1, -0.05) is 13.8 Å². The molecule has 0 aliphatic carbocycles. The molecule has 0 spiro atoms. The summed E-state index contributed by atoms with van der Waals surface area (Å²) in [6.07, 6.45) is 1.60. The predicted molar refractivity (Wildman–Crippen MR) is 77.3 cm³/mol. The first-order valence-corrected chi connectivity index (χ1v) is 7.10. The molecular weight excluding hydrogens is 258 g/mol. The third kappa shape index (κ3) is 4.17. The number of hydrogen-bond donors (Lipinski definition) is 1. The van der Waals surface area contributed by atoms with Crippen molar-refractivity contribution >= 4 is 17.7 Å². The summed E-state index contributed by atoms with van der Waals surface area (Å²) >= 11 is 1.78. The fourth-order valence-corrected chi connectivity index (χ4v) is 2.48. The molecule has 2 rings (SSSR count). The maximum Gasteiger partial charge on any atom is 0.251 e. The summed E-state index contributed by atoms with van der Waals surface area (Å²) in [5.74, 6) is 0.665. The van der Waals surface area contributed by atoms with Crippen molar-refractivity contribution in [3.63, 3.8) is 0 Å². The van der Waals surface area contributed by atoms with Crippen molar-refractivity contribution in [3.8, 4) is 0 Å². The Bertz CT molecular complexity index is 518. The van der Waals surface area contributed by atoms with Gasteiger partial charge in [0.05, 0.1) is 12.8 Å². The summed E-state index contributed by atoms with van der Waals surface area (Å²) in [6.45, 7) is 4.71. The summed E-state index contributed by atoms with van der Waals surface area (Å²) in [5.41, 5.74) is 0.666. The molecule has 1 amide bonds. The highest BCUT2D eigenvalue weighted by atomic mass is 32.2. The molecule has 4 heteroatoms. The Kier molecular flexibility index (Phi) is 4.68. The van der Waals surface area contributed by atoms with E-state index in [-0.39, 0.29) is 5.91 Å². The van der Waals surface area contributed by atoms with Crippen LogP contribution >= 0.6 is 11.8 Å². The molecule has 19 heavy (non-hydrogen) atoms. The highest BCUT2D eigenvalue weighted by Gasteiger charge is 2.06. The van der Waals surface area contributed by atoms with Crippen LogP contribution in [0.3, 0.4) is 0 Å². The first-order valence-electron chi connectivity index (χ1n) is 6.22. The van der Waals surface area contributed by atoms with Crippen LogP contribution in [-0.4, -0.2) is 11.2 Å². The summed E-state index contributed by atoms with van der Waals surface area (Å²) < 4.78 is 5.16. The van der Waals surface area contributed by atoms with E-state index >= 15 is 0 Å². The van der Waals surface area contributed by atoms with E-state index in [2.05, 4.69) is 19.2 Å². The second-order valence-electron chi connectivity index (χ2n) is 4.45. The van der Waals surface area contributed by atoms with Crippen LogP contribution in [0.1, 0.15) is 30.0 Å². The van der Waals surface area contributed by atoms with Crippen molar-refractivity contribution in [1.82, 2.24) is 5.32 Å². The summed E-state index contributed by atoms with van der Waals surface area (Å²) in [7, 11) is 0. The smallest absolute Gasteiger partial charge is 0.251 e. The van der Waals surface area contributed by atoms with Crippen LogP contribution in [-0.2, 0) is 6.54 Å². The number of rotatable bonds is 5. The van der Waals surface area contributed by atoms with Gasteiger partial charge >= 0.3 is 0 Å². The van der Waals surface area contributed by atoms with Crippen LogP contribution < -0.4 is 5.32 Å². The number of carbonyl (C=O) groups is 1. The van der Waals surface area contributed by atoms with E-state index in [1.54, 1.807) is 24.1 Å². The van der Waals surface area contributed by atoms with Gasteiger partial charge in [0.1, 0.15) is 5.76 Å². The Hall–Kier alpha value is -1.68. The molecular formula is C15H17NO2S. The Morgan fingerprint density at radius 1 is 1.26 bits per heavy atom. The van der Waals surface area contributed by atoms with Gasteiger partial charge in [-0.2, -0.15) is 0 Å². The number of furan rings is 1. The molecule has 0 unspecified atom stereocenters. The van der Waals surface area contributed by atoms with E-state index < -0.39 is 0 Å². The Balaban J connectivity index is 1.92. The van der Waals surface area contributed by atoms with Gasteiger partial charge in [-0.25, -0.2) is 0 Å². The fraction of sp³-hybridized carbons (Fsp3) is 0.267. The van der Waals surface area contributed by atoms with Gasteiger partial charge < -0.3 is 9.73 Å². The maximum absolute atomic E-state index is 11.9. The minimum atomic E-state index is -0.0857. The minimum Gasteiger partial charge on any atom is -0.467 e. The molecule has 0 saturated heterocycles. The summed E-state index contributed by atoms with van der Waals surface area (Å²) in [5, 5.41) is 3.36. The summed E-state index contributed by atoms with van der Waals surface area (Å²) in [4.78, 5) is 13.1. The quantitative estimate of drug-likeness (QED) is 0.846. The minimum absolute atomic E-state index is 0.0857. The lowest BCUT2D eigenvalue weighted by molar-refractivity contribution is 0.0948. The van der Waals surface area contributed by atoms with Crippen LogP contribution in [0.4, 0.5) is 0 Å². The van der Waals surface area contributed by atoms with Gasteiger partial charge in [0.25, 0.3) is 5.91 Å². The molecule has 0 aliphatic rings. The van der Waals surface area contributed by atoms with E-state index in [1.807, 2.05) is 30.3 Å². The molecule has 1 aromatic heterocycles. The molecule has 1 aromatic carbocycles. The third-order valence-electron chi connectivity index (χ3n) is 2.49. The first kappa shape index (κ1) is 13.7. The lowest BCUT2D eigenvalue weighted by Gasteiger charge is -2.06. The van der Waals surface area contributed by atoms with Crippen molar-refractivity contribution in [2.45, 2.75) is 30.5 Å². The topological polar surface area (TPSA) is 42.2 Å². The molecule has 3 nitrogen and oxygen atoms in total. The van der Waals surface area contributed by atoms with Gasteiger partial charge in [0.15, 0.2) is 0 Å². The fourth-order valence-electron chi connectivity index (χ4n) is 1.64. The number of benzene rings is 1. The van der Waals surface area contributed by atoms with Crippen LogP contribution in [0.15, 0.2) is 52.0 Å². The van der Waals surface area contributed by atoms with Crippen LogP contribution in [0, 0.1) is 0 Å². The standard InChI is InChI=1S/C15H17NO2S/c1-11(2)19-14-7-5-12(6-8-14)15(17)16-10-13-4-3-9-18-13/h3-9,11H,10H2,1-2H3,(H,16,17). The lowest BCUT2D eigenvalue weighted by atomic mass is 10.2. The Labute approximate surface area is 117 Å². The molecule has 0 saturated carbocycles. The number of amides is 1. The van der Waals surface area contributed by atoms with Crippen molar-refractivity contribution in [1.29, 1.82) is 0 Å². The Morgan fingerprint density at radius 2 is 2.00 bits per heavy atom. The number of thioether (sulfide) groups is 1. The molecule has 0 aliphatic heterocycles. The molecule has 1 N–H and O–H groups in total. The third-order valence-corrected chi connectivity index (χ3v) is 3.51. The van der Waals surface area contributed by atoms with Crippen molar-refractivity contribution in [3.05, 3.63) is 54.0 Å². The zero-order chi connectivity index (χ0) is 13.7. The second kappa shape index (κ2) is 6.48. The van der Waals surface area contributed by atoms with Crippen LogP contribution in [0.2, 0.25) is 0 Å². The summed E-state index contributed by atoms with van der Waals surface area (Å²) in [6, 6.07) is 11.3. The number of carbonyl (C=O) groups excluding carboxylic acids is 1. The van der Waals surface area contributed by atoms with E-state index in [4.69, 9.17) is 4.42 Å². The van der Waals surface area contributed by atoms with E-state index in [0.717, 1.165) is 5.76 Å². The maximum atomic E-state index is 11.9. The SMILES string of the molecule is CC(C)Sc1ccc(C(=O)NCc2ccco2)cc1. The van der Waals surface area contributed by atoms with Gasteiger partial charge in [-0.15, -0.1) is 11.8 Å². The normalized spacial score (nSPS) is 10.7. The average molecular weight is 275 g/mol. The molecule has 0 bridgehead atoms. The van der Waals surface area contributed by atoms with Gasteiger partial charge in [-0.05, 0) is 36.4 Å². The van der Waals surface area contributed by atoms with Crippen LogP contribution in [0.5, 0.6) is 0 Å². The van der Waals surface area contributed by atoms with Crippen LogP contribution in [0.25, 0.3) is 0 Å². The number of hydrogen-bond acceptors (Lipinski definition) is 3. The molecule has 0 atom stereocenters. The zero-order valence-corrected chi connectivity index (χ0v) is 11.9. The highest BCUT2D eigenvalue weighted by molar-refractivity contribution is 7.99. The van der Waals surface area contributed by atoms with Gasteiger partial charge in [-0.3, -0.25) is 4.79 Å². The lowest BCUT2D eigenvalue weighted by Crippen LogP contribution is -2.22. The molecule has 0 fully saturated rings. The van der Waals surface area contributed by atoms with E-state index in [0.29, 0.717) is 17.4 Å². The second-order valence-corrected chi connectivity index (χ2v) is 6.10. The highest BCUT2D eigenvalue weighted by Crippen LogP contribution is 2.22. The van der Waals surface area contributed by atoms with E-state index in [9.17, 15) is 4.79 Å². The Morgan fingerprint density at radius 3 is 2.58 bits per heavy atom. The van der Waals surface area contributed by atoms with Gasteiger partial charge in [0.2, 0.25) is 0 Å². The average Bonchev–Trinajstić information content (AvgIpc) is 2.89.